The maximum atomic E-state index is 11.1. The number of aromatic nitrogens is 2. The van der Waals surface area contributed by atoms with Crippen LogP contribution in [0.5, 0.6) is 0 Å². The molecule has 3 N–H and O–H groups in total. The zero-order chi connectivity index (χ0) is 11.3. The van der Waals surface area contributed by atoms with E-state index >= 15 is 0 Å². The topological polar surface area (TPSA) is 71.8 Å². The highest BCUT2D eigenvalue weighted by Gasteiger charge is 2.04. The number of H-pyrrole nitrogens is 1. The van der Waals surface area contributed by atoms with Gasteiger partial charge in [0.05, 0.1) is 0 Å². The van der Waals surface area contributed by atoms with E-state index in [1.165, 1.54) is 18.9 Å². The van der Waals surface area contributed by atoms with E-state index in [4.69, 9.17) is 5.73 Å². The van der Waals surface area contributed by atoms with Crippen molar-refractivity contribution in [3.63, 3.8) is 0 Å². The Labute approximate surface area is 93.7 Å². The number of nitrogens with two attached hydrogens (primary N) is 1. The third-order valence-electron chi connectivity index (χ3n) is 2.03. The summed E-state index contributed by atoms with van der Waals surface area (Å²) in [4.78, 5) is 17.8. The Hall–Kier alpha value is -0.970. The van der Waals surface area contributed by atoms with E-state index in [0.717, 1.165) is 5.75 Å². The van der Waals surface area contributed by atoms with Crippen LogP contribution >= 0.6 is 11.8 Å². The lowest BCUT2D eigenvalue weighted by atomic mass is 10.1. The van der Waals surface area contributed by atoms with Gasteiger partial charge in [-0.2, -0.15) is 0 Å². The third-order valence-corrected chi connectivity index (χ3v) is 3.23. The number of nitrogens with zero attached hydrogens (tertiary/aromatic N) is 1. The number of nitrogens with one attached hydrogen (secondary N) is 1. The highest BCUT2D eigenvalue weighted by molar-refractivity contribution is 7.99. The minimum atomic E-state index is -0.187. The molecule has 0 aromatic carbocycles. The molecule has 1 rings (SSSR count). The third kappa shape index (κ3) is 4.38. The fourth-order valence-corrected chi connectivity index (χ4v) is 2.27. The highest BCUT2D eigenvalue weighted by Crippen LogP contribution is 2.18. The predicted molar refractivity (Wildman–Crippen MR) is 64.1 cm³/mol. The minimum Gasteiger partial charge on any atom is -0.383 e. The van der Waals surface area contributed by atoms with Gasteiger partial charge in [0.15, 0.2) is 5.16 Å². The number of hydrogen-bond acceptors (Lipinski definition) is 4. The summed E-state index contributed by atoms with van der Waals surface area (Å²) in [6.45, 7) is 4.36. The Morgan fingerprint density at radius 1 is 1.67 bits per heavy atom. The number of thioether (sulfide) groups is 1. The molecule has 0 saturated carbocycles. The van der Waals surface area contributed by atoms with Crippen LogP contribution in [0.2, 0.25) is 0 Å². The molecule has 0 saturated heterocycles. The van der Waals surface area contributed by atoms with Gasteiger partial charge in [-0.15, -0.1) is 0 Å². The Kier molecular flexibility index (Phi) is 4.68. The van der Waals surface area contributed by atoms with Crippen LogP contribution in [-0.4, -0.2) is 15.7 Å². The molecule has 0 aliphatic carbocycles. The molecular formula is C10H17N3OS. The molecule has 84 valence electrons. The molecule has 1 unspecified atom stereocenters. The van der Waals surface area contributed by atoms with E-state index < -0.39 is 0 Å². The van der Waals surface area contributed by atoms with Crippen LogP contribution < -0.4 is 11.3 Å². The summed E-state index contributed by atoms with van der Waals surface area (Å²) < 4.78 is 0. The second-order valence-corrected chi connectivity index (χ2v) is 4.69. The summed E-state index contributed by atoms with van der Waals surface area (Å²) in [6, 6.07) is 1.29. The summed E-state index contributed by atoms with van der Waals surface area (Å²) in [7, 11) is 0. The molecule has 1 atom stereocenters. The van der Waals surface area contributed by atoms with Crippen molar-refractivity contribution in [2.45, 2.75) is 31.8 Å². The lowest BCUT2D eigenvalue weighted by Crippen LogP contribution is -2.10. The first-order chi connectivity index (χ1) is 7.11. The molecule has 1 heterocycles. The number of nitrogen functional groups attached to an aromatic ring is 1. The van der Waals surface area contributed by atoms with E-state index in [1.807, 2.05) is 0 Å². The average molecular weight is 227 g/mol. The highest BCUT2D eigenvalue weighted by atomic mass is 32.2. The lowest BCUT2D eigenvalue weighted by Gasteiger charge is -2.08. The minimum absolute atomic E-state index is 0.187. The van der Waals surface area contributed by atoms with Gasteiger partial charge in [0, 0.05) is 11.8 Å². The van der Waals surface area contributed by atoms with E-state index in [1.54, 1.807) is 11.8 Å². The zero-order valence-electron chi connectivity index (χ0n) is 9.12. The molecule has 4 nitrogen and oxygen atoms in total. The lowest BCUT2D eigenvalue weighted by molar-refractivity contribution is 0.584. The van der Waals surface area contributed by atoms with Gasteiger partial charge in [0.25, 0.3) is 5.56 Å². The fraction of sp³-hybridized carbons (Fsp3) is 0.600. The molecule has 5 heteroatoms. The maximum absolute atomic E-state index is 11.1. The van der Waals surface area contributed by atoms with Gasteiger partial charge >= 0.3 is 0 Å². The molecule has 15 heavy (non-hydrogen) atoms. The quantitative estimate of drug-likeness (QED) is 0.595. The van der Waals surface area contributed by atoms with Crippen LogP contribution in [0.4, 0.5) is 5.82 Å². The number of anilines is 1. The van der Waals surface area contributed by atoms with Crippen molar-refractivity contribution in [1.82, 2.24) is 9.97 Å². The van der Waals surface area contributed by atoms with Crippen molar-refractivity contribution in [3.8, 4) is 0 Å². The molecule has 0 spiro atoms. The summed E-state index contributed by atoms with van der Waals surface area (Å²) in [5, 5.41) is 0.614. The number of aromatic amines is 1. The largest absolute Gasteiger partial charge is 0.383 e. The molecule has 0 aliphatic rings. The van der Waals surface area contributed by atoms with Crippen molar-refractivity contribution < 1.29 is 0 Å². The van der Waals surface area contributed by atoms with Crippen LogP contribution in [0.15, 0.2) is 16.0 Å². The normalized spacial score (nSPS) is 12.7. The van der Waals surface area contributed by atoms with Crippen molar-refractivity contribution >= 4 is 17.6 Å². The van der Waals surface area contributed by atoms with Gasteiger partial charge in [0.2, 0.25) is 0 Å². The monoisotopic (exact) mass is 227 g/mol. The van der Waals surface area contributed by atoms with E-state index in [0.29, 0.717) is 11.1 Å². The summed E-state index contributed by atoms with van der Waals surface area (Å²) in [5.74, 6) is 1.87. The standard InChI is InChI=1S/C10H17N3OS/c1-3-4-7(2)6-15-10-12-8(11)5-9(14)13-10/h5,7H,3-4,6H2,1-2H3,(H3,11,12,13,14). The summed E-state index contributed by atoms with van der Waals surface area (Å²) >= 11 is 1.55. The van der Waals surface area contributed by atoms with Crippen LogP contribution in [0.25, 0.3) is 0 Å². The van der Waals surface area contributed by atoms with Gasteiger partial charge < -0.3 is 10.7 Å². The Bertz CT molecular complexity index is 364. The van der Waals surface area contributed by atoms with Gasteiger partial charge in [-0.05, 0) is 5.92 Å². The first-order valence-electron chi connectivity index (χ1n) is 5.11. The van der Waals surface area contributed by atoms with E-state index in [2.05, 4.69) is 23.8 Å². The van der Waals surface area contributed by atoms with Crippen molar-refractivity contribution in [1.29, 1.82) is 0 Å². The summed E-state index contributed by atoms with van der Waals surface area (Å²) in [5.41, 5.74) is 5.29. The van der Waals surface area contributed by atoms with Crippen LogP contribution in [0.3, 0.4) is 0 Å². The molecule has 1 aromatic rings. The van der Waals surface area contributed by atoms with Gasteiger partial charge in [-0.1, -0.05) is 38.5 Å². The van der Waals surface area contributed by atoms with Gasteiger partial charge in [0.1, 0.15) is 5.82 Å². The van der Waals surface area contributed by atoms with Gasteiger partial charge in [-0.25, -0.2) is 4.98 Å². The molecule has 0 bridgehead atoms. The number of rotatable bonds is 5. The van der Waals surface area contributed by atoms with Crippen LogP contribution in [-0.2, 0) is 0 Å². The molecule has 0 fully saturated rings. The smallest absolute Gasteiger partial charge is 0.253 e. The second-order valence-electron chi connectivity index (χ2n) is 3.68. The summed E-state index contributed by atoms with van der Waals surface area (Å²) in [6.07, 6.45) is 2.38. The van der Waals surface area contributed by atoms with Crippen molar-refractivity contribution in [2.24, 2.45) is 5.92 Å². The molecule has 0 amide bonds. The SMILES string of the molecule is CCCC(C)CSc1nc(N)cc(=O)[nH]1. The zero-order valence-corrected chi connectivity index (χ0v) is 9.93. The predicted octanol–water partition coefficient (Wildman–Crippen LogP) is 1.88. The van der Waals surface area contributed by atoms with Crippen molar-refractivity contribution in [3.05, 3.63) is 16.4 Å². The first kappa shape index (κ1) is 12.1. The van der Waals surface area contributed by atoms with Crippen LogP contribution in [0.1, 0.15) is 26.7 Å². The van der Waals surface area contributed by atoms with Gasteiger partial charge in [-0.3, -0.25) is 4.79 Å². The molecule has 1 aromatic heterocycles. The Balaban J connectivity index is 2.54. The van der Waals surface area contributed by atoms with Crippen LogP contribution in [0, 0.1) is 5.92 Å². The second kappa shape index (κ2) is 5.80. The van der Waals surface area contributed by atoms with E-state index in [9.17, 15) is 4.79 Å². The first-order valence-corrected chi connectivity index (χ1v) is 6.10. The molecule has 0 aliphatic heterocycles. The Morgan fingerprint density at radius 3 is 3.00 bits per heavy atom. The average Bonchev–Trinajstić information content (AvgIpc) is 2.14. The molecular weight excluding hydrogens is 210 g/mol. The van der Waals surface area contributed by atoms with Crippen molar-refractivity contribution in [2.75, 3.05) is 11.5 Å². The number of hydrogen-bond donors (Lipinski definition) is 2. The fourth-order valence-electron chi connectivity index (χ4n) is 1.32. The molecule has 0 radical (unpaired) electrons. The van der Waals surface area contributed by atoms with E-state index in [-0.39, 0.29) is 11.4 Å². The maximum Gasteiger partial charge on any atom is 0.253 e. The Morgan fingerprint density at radius 2 is 2.40 bits per heavy atom.